The lowest BCUT2D eigenvalue weighted by Crippen LogP contribution is -2.18. The van der Waals surface area contributed by atoms with Gasteiger partial charge in [0.15, 0.2) is 0 Å². The molecule has 2 aromatic rings. The van der Waals surface area contributed by atoms with E-state index in [9.17, 15) is 4.79 Å². The van der Waals surface area contributed by atoms with E-state index in [0.717, 1.165) is 4.47 Å². The van der Waals surface area contributed by atoms with Crippen molar-refractivity contribution in [2.75, 3.05) is 0 Å². The highest BCUT2D eigenvalue weighted by atomic mass is 79.9. The fourth-order valence-corrected chi connectivity index (χ4v) is 2.10. The fraction of sp³-hybridized carbons (Fsp3) is 0. The van der Waals surface area contributed by atoms with Crippen molar-refractivity contribution >= 4 is 27.4 Å². The third-order valence-electron chi connectivity index (χ3n) is 2.51. The summed E-state index contributed by atoms with van der Waals surface area (Å²) in [5, 5.41) is 3.62. The Kier molecular flexibility index (Phi) is 3.89. The molecule has 0 amide bonds. The molecular weight excluding hydrogens is 292 g/mol. The van der Waals surface area contributed by atoms with Crippen molar-refractivity contribution in [1.82, 2.24) is 0 Å². The molecule has 0 atom stereocenters. The summed E-state index contributed by atoms with van der Waals surface area (Å²) in [6.45, 7) is 0. The highest BCUT2D eigenvalue weighted by Crippen LogP contribution is 2.18. The molecule has 2 rings (SSSR count). The van der Waals surface area contributed by atoms with Gasteiger partial charge in [-0.15, -0.1) is 0 Å². The van der Waals surface area contributed by atoms with Gasteiger partial charge in [0.1, 0.15) is 5.71 Å². The minimum atomic E-state index is -0.198. The molecule has 0 spiro atoms. The standard InChI is InChI=1S/C14H11BrN2O/c15-12-9-5-4-8-11(12)14(18)13(17-16)10-6-2-1-3-7-10/h1-9H,16H2. The Balaban J connectivity index is 2.42. The third kappa shape index (κ3) is 2.49. The number of carbonyl (C=O) groups excluding carboxylic acids is 1. The summed E-state index contributed by atoms with van der Waals surface area (Å²) >= 11 is 3.35. The number of nitrogens with zero attached hydrogens (tertiary/aromatic N) is 1. The number of ketones is 1. The second-order valence-corrected chi connectivity index (χ2v) is 4.51. The summed E-state index contributed by atoms with van der Waals surface area (Å²) < 4.78 is 0.729. The molecule has 0 aliphatic rings. The number of nitrogens with two attached hydrogens (primary N) is 1. The molecule has 4 heteroatoms. The summed E-state index contributed by atoms with van der Waals surface area (Å²) in [6, 6.07) is 16.4. The van der Waals surface area contributed by atoms with Crippen LogP contribution in [-0.2, 0) is 0 Å². The lowest BCUT2D eigenvalue weighted by molar-refractivity contribution is 0.106. The second kappa shape index (κ2) is 5.60. The first-order chi connectivity index (χ1) is 8.74. The average Bonchev–Trinajstić information content (AvgIpc) is 2.41. The fourth-order valence-electron chi connectivity index (χ4n) is 1.63. The van der Waals surface area contributed by atoms with Crippen LogP contribution in [0.2, 0.25) is 0 Å². The van der Waals surface area contributed by atoms with Gasteiger partial charge in [-0.2, -0.15) is 5.10 Å². The van der Waals surface area contributed by atoms with Gasteiger partial charge >= 0.3 is 0 Å². The normalized spacial score (nSPS) is 11.3. The molecule has 18 heavy (non-hydrogen) atoms. The molecule has 90 valence electrons. The van der Waals surface area contributed by atoms with E-state index < -0.39 is 0 Å². The lowest BCUT2D eigenvalue weighted by atomic mass is 10.0. The molecule has 0 unspecified atom stereocenters. The van der Waals surface area contributed by atoms with E-state index in [0.29, 0.717) is 11.1 Å². The van der Waals surface area contributed by atoms with Crippen LogP contribution in [0.5, 0.6) is 0 Å². The number of carbonyl (C=O) groups is 1. The minimum absolute atomic E-state index is 0.198. The number of halogens is 1. The molecule has 2 aromatic carbocycles. The molecule has 0 saturated carbocycles. The maximum Gasteiger partial charge on any atom is 0.214 e. The zero-order valence-electron chi connectivity index (χ0n) is 9.51. The van der Waals surface area contributed by atoms with Crippen LogP contribution in [0.1, 0.15) is 15.9 Å². The van der Waals surface area contributed by atoms with Crippen molar-refractivity contribution < 1.29 is 4.79 Å². The van der Waals surface area contributed by atoms with Gasteiger partial charge in [0, 0.05) is 15.6 Å². The Morgan fingerprint density at radius 3 is 2.22 bits per heavy atom. The monoisotopic (exact) mass is 302 g/mol. The number of rotatable bonds is 3. The zero-order chi connectivity index (χ0) is 13.0. The van der Waals surface area contributed by atoms with E-state index in [1.165, 1.54) is 0 Å². The van der Waals surface area contributed by atoms with Crippen LogP contribution < -0.4 is 5.84 Å². The molecular formula is C14H11BrN2O. The summed E-state index contributed by atoms with van der Waals surface area (Å²) in [7, 11) is 0. The van der Waals surface area contributed by atoms with Crippen LogP contribution in [0.3, 0.4) is 0 Å². The molecule has 2 N–H and O–H groups in total. The van der Waals surface area contributed by atoms with Gasteiger partial charge in [-0.05, 0) is 12.1 Å². The van der Waals surface area contributed by atoms with Gasteiger partial charge in [0.25, 0.3) is 0 Å². The summed E-state index contributed by atoms with van der Waals surface area (Å²) in [4.78, 5) is 12.4. The molecule has 0 heterocycles. The van der Waals surface area contributed by atoms with E-state index in [1.807, 2.05) is 30.3 Å². The van der Waals surface area contributed by atoms with Gasteiger partial charge in [0.05, 0.1) is 0 Å². The van der Waals surface area contributed by atoms with E-state index >= 15 is 0 Å². The molecule has 0 saturated heterocycles. The third-order valence-corrected chi connectivity index (χ3v) is 3.20. The van der Waals surface area contributed by atoms with Crippen molar-refractivity contribution in [2.24, 2.45) is 10.9 Å². The summed E-state index contributed by atoms with van der Waals surface area (Å²) in [5.74, 6) is 5.15. The van der Waals surface area contributed by atoms with Crippen molar-refractivity contribution in [1.29, 1.82) is 0 Å². The van der Waals surface area contributed by atoms with Gasteiger partial charge < -0.3 is 5.84 Å². The predicted octanol–water partition coefficient (Wildman–Crippen LogP) is 2.99. The first-order valence-electron chi connectivity index (χ1n) is 5.36. The van der Waals surface area contributed by atoms with Crippen LogP contribution in [-0.4, -0.2) is 11.5 Å². The number of benzene rings is 2. The Morgan fingerprint density at radius 2 is 1.61 bits per heavy atom. The van der Waals surface area contributed by atoms with Crippen LogP contribution in [0.15, 0.2) is 64.2 Å². The quantitative estimate of drug-likeness (QED) is 0.410. The summed E-state index contributed by atoms with van der Waals surface area (Å²) in [6.07, 6.45) is 0. The highest BCUT2D eigenvalue weighted by Gasteiger charge is 2.17. The smallest absolute Gasteiger partial charge is 0.214 e. The molecule has 0 radical (unpaired) electrons. The Labute approximate surface area is 113 Å². The van der Waals surface area contributed by atoms with E-state index in [2.05, 4.69) is 21.0 Å². The number of hydrogen-bond donors (Lipinski definition) is 1. The number of Topliss-reactive ketones (excluding diaryl/α,β-unsaturated/α-hetero) is 1. The maximum absolute atomic E-state index is 12.4. The van der Waals surface area contributed by atoms with Gasteiger partial charge in [-0.3, -0.25) is 4.79 Å². The van der Waals surface area contributed by atoms with Gasteiger partial charge in [0.2, 0.25) is 5.78 Å². The van der Waals surface area contributed by atoms with Crippen LogP contribution in [0, 0.1) is 0 Å². The summed E-state index contributed by atoms with van der Waals surface area (Å²) in [5.41, 5.74) is 1.51. The lowest BCUT2D eigenvalue weighted by Gasteiger charge is -2.06. The van der Waals surface area contributed by atoms with Gasteiger partial charge in [-0.25, -0.2) is 0 Å². The van der Waals surface area contributed by atoms with E-state index in [4.69, 9.17) is 5.84 Å². The topological polar surface area (TPSA) is 55.4 Å². The van der Waals surface area contributed by atoms with Crippen LogP contribution in [0.4, 0.5) is 0 Å². The predicted molar refractivity (Wildman–Crippen MR) is 75.6 cm³/mol. The van der Waals surface area contributed by atoms with Gasteiger partial charge in [-0.1, -0.05) is 58.4 Å². The van der Waals surface area contributed by atoms with E-state index in [-0.39, 0.29) is 11.5 Å². The zero-order valence-corrected chi connectivity index (χ0v) is 11.1. The molecule has 0 aromatic heterocycles. The van der Waals surface area contributed by atoms with Crippen LogP contribution >= 0.6 is 15.9 Å². The SMILES string of the molecule is NN=C(C(=O)c1ccccc1Br)c1ccccc1. The minimum Gasteiger partial charge on any atom is -0.323 e. The Morgan fingerprint density at radius 1 is 1.00 bits per heavy atom. The van der Waals surface area contributed by atoms with Crippen molar-refractivity contribution in [3.63, 3.8) is 0 Å². The largest absolute Gasteiger partial charge is 0.323 e. The molecule has 3 nitrogen and oxygen atoms in total. The van der Waals surface area contributed by atoms with Crippen molar-refractivity contribution in [2.45, 2.75) is 0 Å². The van der Waals surface area contributed by atoms with Crippen molar-refractivity contribution in [3.8, 4) is 0 Å². The number of hydrazone groups is 1. The molecule has 0 bridgehead atoms. The molecule has 0 aliphatic heterocycles. The van der Waals surface area contributed by atoms with E-state index in [1.54, 1.807) is 24.3 Å². The average molecular weight is 303 g/mol. The second-order valence-electron chi connectivity index (χ2n) is 3.65. The molecule has 0 aliphatic carbocycles. The first-order valence-corrected chi connectivity index (χ1v) is 6.16. The maximum atomic E-state index is 12.4. The van der Waals surface area contributed by atoms with Crippen LogP contribution in [0.25, 0.3) is 0 Å². The highest BCUT2D eigenvalue weighted by molar-refractivity contribution is 9.10. The first kappa shape index (κ1) is 12.5. The Bertz CT molecular complexity index is 594. The Hall–Kier alpha value is -1.94. The molecule has 0 fully saturated rings. The number of hydrogen-bond acceptors (Lipinski definition) is 3. The van der Waals surface area contributed by atoms with Crippen molar-refractivity contribution in [3.05, 3.63) is 70.2 Å².